The molecule has 0 radical (unpaired) electrons. The number of hydrogen-bond donors (Lipinski definition) is 1. The zero-order chi connectivity index (χ0) is 23.0. The lowest BCUT2D eigenvalue weighted by Crippen LogP contribution is -2.35. The molecular formula is C24H24ClN5O2. The highest BCUT2D eigenvalue weighted by molar-refractivity contribution is 6.30. The van der Waals surface area contributed by atoms with Gasteiger partial charge < -0.3 is 5.32 Å². The first-order valence-electron chi connectivity index (χ1n) is 10.4. The number of carbonyl (C=O) groups excluding carboxylic acids is 1. The SMILES string of the molecule is CC[C@H](C(=O)Nc1ccc(Cl)cc1C)n1nc(C)c2nn(-c3ccccc3)c(C)c2c1=O. The summed E-state index contributed by atoms with van der Waals surface area (Å²) in [5.41, 5.74) is 3.85. The molecule has 0 aliphatic rings. The number of rotatable bonds is 5. The van der Waals surface area contributed by atoms with Gasteiger partial charge >= 0.3 is 0 Å². The number of hydrogen-bond acceptors (Lipinski definition) is 4. The highest BCUT2D eigenvalue weighted by Crippen LogP contribution is 2.23. The molecule has 2 heterocycles. The maximum absolute atomic E-state index is 13.5. The molecule has 2 aromatic heterocycles. The van der Waals surface area contributed by atoms with Crippen LogP contribution in [-0.4, -0.2) is 25.5 Å². The molecule has 32 heavy (non-hydrogen) atoms. The van der Waals surface area contributed by atoms with Crippen molar-refractivity contribution in [2.75, 3.05) is 5.32 Å². The molecule has 0 bridgehead atoms. The first-order chi connectivity index (χ1) is 15.3. The number of para-hydroxylation sites is 1. The van der Waals surface area contributed by atoms with Crippen LogP contribution in [0.5, 0.6) is 0 Å². The van der Waals surface area contributed by atoms with Crippen LogP contribution >= 0.6 is 11.6 Å². The van der Waals surface area contributed by atoms with Crippen LogP contribution in [0.2, 0.25) is 5.02 Å². The minimum atomic E-state index is -0.764. The van der Waals surface area contributed by atoms with Crippen LogP contribution < -0.4 is 10.9 Å². The Labute approximate surface area is 190 Å². The van der Waals surface area contributed by atoms with E-state index >= 15 is 0 Å². The van der Waals surface area contributed by atoms with E-state index in [2.05, 4.69) is 15.5 Å². The van der Waals surface area contributed by atoms with Crippen molar-refractivity contribution in [3.05, 3.63) is 80.9 Å². The molecule has 0 saturated heterocycles. The summed E-state index contributed by atoms with van der Waals surface area (Å²) in [5, 5.41) is 13.1. The normalized spacial score (nSPS) is 12.2. The molecule has 1 atom stereocenters. The molecule has 0 aliphatic heterocycles. The zero-order valence-electron chi connectivity index (χ0n) is 18.4. The third-order valence-corrected chi connectivity index (χ3v) is 5.81. The smallest absolute Gasteiger partial charge is 0.278 e. The van der Waals surface area contributed by atoms with Crippen molar-refractivity contribution in [2.45, 2.75) is 40.2 Å². The third kappa shape index (κ3) is 3.80. The van der Waals surface area contributed by atoms with Crippen LogP contribution in [0.4, 0.5) is 5.69 Å². The summed E-state index contributed by atoms with van der Waals surface area (Å²) in [5.74, 6) is -0.306. The van der Waals surface area contributed by atoms with E-state index in [0.29, 0.717) is 39.4 Å². The number of aromatic nitrogens is 4. The van der Waals surface area contributed by atoms with Crippen LogP contribution in [0.25, 0.3) is 16.6 Å². The lowest BCUT2D eigenvalue weighted by atomic mass is 10.1. The topological polar surface area (TPSA) is 81.8 Å². The molecule has 1 amide bonds. The van der Waals surface area contributed by atoms with Gasteiger partial charge in [0, 0.05) is 10.7 Å². The lowest BCUT2D eigenvalue weighted by molar-refractivity contribution is -0.119. The van der Waals surface area contributed by atoms with Gasteiger partial charge in [0.15, 0.2) is 0 Å². The van der Waals surface area contributed by atoms with Crippen molar-refractivity contribution in [1.82, 2.24) is 19.6 Å². The van der Waals surface area contributed by atoms with E-state index in [0.717, 1.165) is 11.3 Å². The van der Waals surface area contributed by atoms with E-state index in [1.54, 1.807) is 29.8 Å². The van der Waals surface area contributed by atoms with Crippen molar-refractivity contribution < 1.29 is 4.79 Å². The van der Waals surface area contributed by atoms with Gasteiger partial charge in [-0.25, -0.2) is 9.36 Å². The Balaban J connectivity index is 1.79. The Morgan fingerprint density at radius 2 is 1.81 bits per heavy atom. The molecule has 0 saturated carbocycles. The van der Waals surface area contributed by atoms with Gasteiger partial charge in [-0.15, -0.1) is 0 Å². The standard InChI is InChI=1S/C24H24ClN5O2/c1-5-20(23(31)26-19-12-11-17(25)13-14(19)2)30-24(32)21-16(4)29(18-9-7-6-8-10-18)28-22(21)15(3)27-30/h6-13,20H,5H2,1-4H3,(H,26,31)/t20-/m1/s1. The quantitative estimate of drug-likeness (QED) is 0.476. The van der Waals surface area contributed by atoms with Crippen LogP contribution in [0.3, 0.4) is 0 Å². The maximum Gasteiger partial charge on any atom is 0.278 e. The van der Waals surface area contributed by atoms with Gasteiger partial charge in [0.2, 0.25) is 5.91 Å². The van der Waals surface area contributed by atoms with Gasteiger partial charge in [0.05, 0.1) is 22.5 Å². The van der Waals surface area contributed by atoms with Crippen molar-refractivity contribution in [2.24, 2.45) is 0 Å². The first kappa shape index (κ1) is 21.8. The first-order valence-corrected chi connectivity index (χ1v) is 10.8. The molecule has 0 spiro atoms. The van der Waals surface area contributed by atoms with Gasteiger partial charge in [-0.1, -0.05) is 36.7 Å². The number of anilines is 1. The number of carbonyl (C=O) groups is 1. The number of halogens is 1. The summed E-state index contributed by atoms with van der Waals surface area (Å²) in [6.07, 6.45) is 0.405. The Bertz CT molecular complexity index is 1370. The number of nitrogens with zero attached hydrogens (tertiary/aromatic N) is 4. The van der Waals surface area contributed by atoms with Crippen LogP contribution in [0, 0.1) is 20.8 Å². The second kappa shape index (κ2) is 8.59. The molecular weight excluding hydrogens is 426 g/mol. The summed E-state index contributed by atoms with van der Waals surface area (Å²) in [6, 6.07) is 14.1. The summed E-state index contributed by atoms with van der Waals surface area (Å²) in [6.45, 7) is 7.37. The predicted molar refractivity (Wildman–Crippen MR) is 127 cm³/mol. The molecule has 0 fully saturated rings. The lowest BCUT2D eigenvalue weighted by Gasteiger charge is -2.18. The summed E-state index contributed by atoms with van der Waals surface area (Å²) >= 11 is 6.02. The second-order valence-corrected chi connectivity index (χ2v) is 8.20. The number of amides is 1. The monoisotopic (exact) mass is 449 g/mol. The van der Waals surface area contributed by atoms with E-state index in [1.165, 1.54) is 4.68 Å². The predicted octanol–water partition coefficient (Wildman–Crippen LogP) is 4.75. The van der Waals surface area contributed by atoms with Crippen molar-refractivity contribution in [3.63, 3.8) is 0 Å². The van der Waals surface area contributed by atoms with Crippen LogP contribution in [-0.2, 0) is 4.79 Å². The van der Waals surface area contributed by atoms with Crippen molar-refractivity contribution in [1.29, 1.82) is 0 Å². The molecule has 7 nitrogen and oxygen atoms in total. The van der Waals surface area contributed by atoms with Gasteiger partial charge in [-0.3, -0.25) is 9.59 Å². The average Bonchev–Trinajstić information content (AvgIpc) is 3.13. The highest BCUT2D eigenvalue weighted by Gasteiger charge is 2.25. The fourth-order valence-electron chi connectivity index (χ4n) is 3.87. The van der Waals surface area contributed by atoms with Gasteiger partial charge in [0.25, 0.3) is 5.56 Å². The number of aryl methyl sites for hydroxylation is 3. The van der Waals surface area contributed by atoms with E-state index < -0.39 is 6.04 Å². The maximum atomic E-state index is 13.5. The van der Waals surface area contributed by atoms with Gasteiger partial charge in [-0.2, -0.15) is 10.2 Å². The highest BCUT2D eigenvalue weighted by atomic mass is 35.5. The zero-order valence-corrected chi connectivity index (χ0v) is 19.1. The van der Waals surface area contributed by atoms with E-state index in [-0.39, 0.29) is 11.5 Å². The van der Waals surface area contributed by atoms with Crippen molar-refractivity contribution >= 4 is 34.1 Å². The Hall–Kier alpha value is -3.45. The van der Waals surface area contributed by atoms with E-state index in [4.69, 9.17) is 11.6 Å². The number of nitrogens with one attached hydrogen (secondary N) is 1. The fourth-order valence-corrected chi connectivity index (χ4v) is 4.09. The molecule has 8 heteroatoms. The molecule has 4 aromatic rings. The summed E-state index contributed by atoms with van der Waals surface area (Å²) in [7, 11) is 0. The Kier molecular flexibility index (Phi) is 5.84. The molecule has 2 aromatic carbocycles. The van der Waals surface area contributed by atoms with Crippen molar-refractivity contribution in [3.8, 4) is 5.69 Å². The minimum Gasteiger partial charge on any atom is -0.324 e. The second-order valence-electron chi connectivity index (χ2n) is 7.76. The van der Waals surface area contributed by atoms with Gasteiger partial charge in [-0.05, 0) is 63.1 Å². The Morgan fingerprint density at radius 1 is 1.09 bits per heavy atom. The molecule has 0 unspecified atom stereocenters. The minimum absolute atomic E-state index is 0.306. The number of benzene rings is 2. The Morgan fingerprint density at radius 3 is 2.47 bits per heavy atom. The summed E-state index contributed by atoms with van der Waals surface area (Å²) in [4.78, 5) is 26.6. The van der Waals surface area contributed by atoms with E-state index in [9.17, 15) is 9.59 Å². The molecule has 1 N–H and O–H groups in total. The summed E-state index contributed by atoms with van der Waals surface area (Å²) < 4.78 is 3.02. The van der Waals surface area contributed by atoms with Gasteiger partial charge in [0.1, 0.15) is 11.6 Å². The molecule has 0 aliphatic carbocycles. The number of fused-ring (bicyclic) bond motifs is 1. The molecule has 164 valence electrons. The molecule has 4 rings (SSSR count). The largest absolute Gasteiger partial charge is 0.324 e. The fraction of sp³-hybridized carbons (Fsp3) is 0.250. The average molecular weight is 450 g/mol. The van der Waals surface area contributed by atoms with Crippen LogP contribution in [0.1, 0.15) is 36.3 Å². The third-order valence-electron chi connectivity index (χ3n) is 5.57. The van der Waals surface area contributed by atoms with Crippen LogP contribution in [0.15, 0.2) is 53.3 Å². The van der Waals surface area contributed by atoms with E-state index in [1.807, 2.05) is 51.1 Å².